The first kappa shape index (κ1) is 20.8. The summed E-state index contributed by atoms with van der Waals surface area (Å²) >= 11 is 6.15. The third-order valence-electron chi connectivity index (χ3n) is 6.67. The molecule has 0 aliphatic carbocycles. The first-order valence-electron chi connectivity index (χ1n) is 10.5. The van der Waals surface area contributed by atoms with Crippen LogP contribution in [0, 0.1) is 15.5 Å². The highest BCUT2D eigenvalue weighted by molar-refractivity contribution is 6.34. The highest BCUT2D eigenvalue weighted by Crippen LogP contribution is 2.42. The Morgan fingerprint density at radius 2 is 1.63 bits per heavy atom. The van der Waals surface area contributed by atoms with Gasteiger partial charge in [-0.2, -0.15) is 0 Å². The van der Waals surface area contributed by atoms with Gasteiger partial charge in [-0.05, 0) is 55.8 Å². The van der Waals surface area contributed by atoms with Crippen molar-refractivity contribution in [3.05, 3.63) is 74.8 Å². The van der Waals surface area contributed by atoms with Crippen molar-refractivity contribution in [3.63, 3.8) is 0 Å². The normalized spacial score (nSPS) is 19.0. The van der Waals surface area contributed by atoms with Crippen LogP contribution in [0.1, 0.15) is 41.6 Å². The van der Waals surface area contributed by atoms with Gasteiger partial charge in [0.05, 0.1) is 15.5 Å². The van der Waals surface area contributed by atoms with E-state index in [-0.39, 0.29) is 16.6 Å². The molecule has 0 unspecified atom stereocenters. The molecule has 0 N–H and O–H groups in total. The molecule has 2 saturated heterocycles. The van der Waals surface area contributed by atoms with Gasteiger partial charge >= 0.3 is 0 Å². The largest absolute Gasteiger partial charge is 0.339 e. The summed E-state index contributed by atoms with van der Waals surface area (Å²) in [5.41, 5.74) is 1.92. The van der Waals surface area contributed by atoms with Crippen molar-refractivity contribution < 1.29 is 9.72 Å². The summed E-state index contributed by atoms with van der Waals surface area (Å²) in [6.45, 7) is 4.61. The van der Waals surface area contributed by atoms with E-state index in [1.165, 1.54) is 36.6 Å². The van der Waals surface area contributed by atoms with Gasteiger partial charge in [0, 0.05) is 31.8 Å². The van der Waals surface area contributed by atoms with E-state index in [1.54, 1.807) is 0 Å². The van der Waals surface area contributed by atoms with Crippen molar-refractivity contribution >= 4 is 23.2 Å². The maximum Gasteiger partial charge on any atom is 0.270 e. The molecule has 2 heterocycles. The number of hydrogen-bond acceptors (Lipinski definition) is 4. The van der Waals surface area contributed by atoms with E-state index >= 15 is 0 Å². The number of nitrogens with zero attached hydrogens (tertiary/aromatic N) is 3. The van der Waals surface area contributed by atoms with Gasteiger partial charge in [0.2, 0.25) is 0 Å². The van der Waals surface area contributed by atoms with Crippen LogP contribution in [-0.4, -0.2) is 46.8 Å². The molecule has 158 valence electrons. The average molecular weight is 428 g/mol. The minimum atomic E-state index is -0.505. The molecular weight excluding hydrogens is 402 g/mol. The number of amides is 1. The Hall–Kier alpha value is -2.44. The minimum absolute atomic E-state index is 0.101. The van der Waals surface area contributed by atoms with Crippen LogP contribution in [-0.2, 0) is 6.54 Å². The molecule has 2 aromatic carbocycles. The molecule has 0 bridgehead atoms. The summed E-state index contributed by atoms with van der Waals surface area (Å²) in [6.07, 6.45) is 4.34. The van der Waals surface area contributed by atoms with E-state index in [0.29, 0.717) is 24.1 Å². The van der Waals surface area contributed by atoms with Crippen LogP contribution >= 0.6 is 11.6 Å². The lowest BCUT2D eigenvalue weighted by molar-refractivity contribution is -0.384. The van der Waals surface area contributed by atoms with E-state index in [4.69, 9.17) is 11.6 Å². The summed E-state index contributed by atoms with van der Waals surface area (Å²) < 4.78 is 0. The first-order chi connectivity index (χ1) is 14.5. The van der Waals surface area contributed by atoms with Gasteiger partial charge in [-0.15, -0.1) is 0 Å². The zero-order valence-corrected chi connectivity index (χ0v) is 17.7. The molecule has 6 nitrogen and oxygen atoms in total. The Balaban J connectivity index is 1.32. The lowest BCUT2D eigenvalue weighted by atomic mass is 9.71. The summed E-state index contributed by atoms with van der Waals surface area (Å²) in [7, 11) is 0. The van der Waals surface area contributed by atoms with Gasteiger partial charge in [0.1, 0.15) is 0 Å². The lowest BCUT2D eigenvalue weighted by Gasteiger charge is -2.47. The van der Waals surface area contributed by atoms with E-state index in [1.807, 2.05) is 11.0 Å². The highest BCUT2D eigenvalue weighted by atomic mass is 35.5. The number of halogens is 1. The van der Waals surface area contributed by atoms with Gasteiger partial charge in [0.25, 0.3) is 11.6 Å². The average Bonchev–Trinajstić information content (AvgIpc) is 2.76. The summed E-state index contributed by atoms with van der Waals surface area (Å²) in [4.78, 5) is 27.6. The number of rotatable bonds is 4. The predicted molar refractivity (Wildman–Crippen MR) is 117 cm³/mol. The summed E-state index contributed by atoms with van der Waals surface area (Å²) in [5, 5.41) is 11.0. The zero-order chi connectivity index (χ0) is 21.1. The van der Waals surface area contributed by atoms with Gasteiger partial charge in [0.15, 0.2) is 0 Å². The Morgan fingerprint density at radius 3 is 2.23 bits per heavy atom. The van der Waals surface area contributed by atoms with Gasteiger partial charge in [-0.25, -0.2) is 0 Å². The first-order valence-corrected chi connectivity index (χ1v) is 10.8. The number of nitro groups is 1. The predicted octanol–water partition coefficient (Wildman–Crippen LogP) is 4.77. The molecule has 2 aliphatic heterocycles. The van der Waals surface area contributed by atoms with Gasteiger partial charge in [-0.3, -0.25) is 19.8 Å². The Bertz CT molecular complexity index is 917. The molecular formula is C23H26ClN3O3. The third kappa shape index (κ3) is 4.50. The fourth-order valence-corrected chi connectivity index (χ4v) is 4.93. The number of likely N-dealkylation sites (tertiary alicyclic amines) is 2. The van der Waals surface area contributed by atoms with E-state index in [9.17, 15) is 14.9 Å². The second-order valence-corrected chi connectivity index (χ2v) is 8.88. The number of carbonyl (C=O) groups is 1. The molecule has 0 aromatic heterocycles. The van der Waals surface area contributed by atoms with E-state index < -0.39 is 4.92 Å². The SMILES string of the molecule is O=C(c1ccc([N+](=O)[O-])cc1Cl)N1CCC2(CCN(Cc3ccccc3)CC2)CC1. The van der Waals surface area contributed by atoms with Crippen molar-refractivity contribution in [2.45, 2.75) is 32.2 Å². The van der Waals surface area contributed by atoms with E-state index in [2.05, 4.69) is 29.2 Å². The highest BCUT2D eigenvalue weighted by Gasteiger charge is 2.38. The summed E-state index contributed by atoms with van der Waals surface area (Å²) in [6, 6.07) is 14.6. The number of nitro benzene ring substituents is 1. The fourth-order valence-electron chi connectivity index (χ4n) is 4.67. The van der Waals surface area contributed by atoms with Crippen molar-refractivity contribution in [3.8, 4) is 0 Å². The molecule has 2 aromatic rings. The Labute approximate surface area is 181 Å². The van der Waals surface area contributed by atoms with Crippen molar-refractivity contribution in [2.24, 2.45) is 5.41 Å². The third-order valence-corrected chi connectivity index (χ3v) is 6.98. The van der Waals surface area contributed by atoms with Crippen LogP contribution in [0.5, 0.6) is 0 Å². The second-order valence-electron chi connectivity index (χ2n) is 8.48. The Kier molecular flexibility index (Phi) is 6.06. The van der Waals surface area contributed by atoms with Crippen molar-refractivity contribution in [1.82, 2.24) is 9.80 Å². The van der Waals surface area contributed by atoms with Crippen molar-refractivity contribution in [2.75, 3.05) is 26.2 Å². The second kappa shape index (κ2) is 8.74. The van der Waals surface area contributed by atoms with E-state index in [0.717, 1.165) is 32.5 Å². The fraction of sp³-hybridized carbons (Fsp3) is 0.435. The summed E-state index contributed by atoms with van der Waals surface area (Å²) in [5.74, 6) is -0.133. The number of piperidine rings is 2. The number of benzene rings is 2. The smallest absolute Gasteiger partial charge is 0.270 e. The lowest BCUT2D eigenvalue weighted by Crippen LogP contribution is -2.48. The Morgan fingerprint density at radius 1 is 1.00 bits per heavy atom. The van der Waals surface area contributed by atoms with Crippen molar-refractivity contribution in [1.29, 1.82) is 0 Å². The molecule has 2 fully saturated rings. The topological polar surface area (TPSA) is 66.7 Å². The number of hydrogen-bond donors (Lipinski definition) is 0. The van der Waals surface area contributed by atoms with Crippen LogP contribution in [0.2, 0.25) is 5.02 Å². The zero-order valence-electron chi connectivity index (χ0n) is 16.9. The molecule has 2 aliphatic rings. The quantitative estimate of drug-likeness (QED) is 0.520. The maximum absolute atomic E-state index is 12.9. The molecule has 30 heavy (non-hydrogen) atoms. The molecule has 1 amide bonds. The number of non-ortho nitro benzene ring substituents is 1. The van der Waals surface area contributed by atoms with Crippen LogP contribution in [0.25, 0.3) is 0 Å². The standard InChI is InChI=1S/C23H26ClN3O3/c24-21-16-19(27(29)30)6-7-20(21)22(28)26-14-10-23(11-15-26)8-12-25(13-9-23)17-18-4-2-1-3-5-18/h1-7,16H,8-15,17H2. The van der Waals surface area contributed by atoms with Crippen LogP contribution in [0.3, 0.4) is 0 Å². The minimum Gasteiger partial charge on any atom is -0.339 e. The van der Waals surface area contributed by atoms with Crippen LogP contribution in [0.15, 0.2) is 48.5 Å². The molecule has 0 radical (unpaired) electrons. The molecule has 4 rings (SSSR count). The maximum atomic E-state index is 12.9. The van der Waals surface area contributed by atoms with Gasteiger partial charge in [-0.1, -0.05) is 41.9 Å². The van der Waals surface area contributed by atoms with Crippen LogP contribution < -0.4 is 0 Å². The number of carbonyl (C=O) groups excluding carboxylic acids is 1. The molecule has 0 atom stereocenters. The molecule has 0 saturated carbocycles. The molecule has 7 heteroatoms. The monoisotopic (exact) mass is 427 g/mol. The van der Waals surface area contributed by atoms with Gasteiger partial charge < -0.3 is 4.90 Å². The molecule has 1 spiro atoms. The van der Waals surface area contributed by atoms with Crippen LogP contribution in [0.4, 0.5) is 5.69 Å².